The second kappa shape index (κ2) is 17.2. The lowest BCUT2D eigenvalue weighted by atomic mass is 10.0. The number of hydrogen-bond acceptors (Lipinski definition) is 3. The fraction of sp³-hybridized carbons (Fsp3) is 0.606. The summed E-state index contributed by atoms with van der Waals surface area (Å²) in [4.78, 5) is 13.1. The Labute approximate surface area is 227 Å². The summed E-state index contributed by atoms with van der Waals surface area (Å²) in [6, 6.07) is 18.7. The standard InChI is InChI=1S/C33H52NO3/c1-6-8-9-10-11-12-14-19-29-22-17-23-31(26-29)37-28(3)24-25-36-33(35)32(18-7-2)34(4,5)27-30-20-15-13-16-21-30/h13,15-17,20-23,26,28,32H,6-12,14,18-19,24-25,27H2,1-5H3/q+1. The Hall–Kier alpha value is -2.33. The van der Waals surface area contributed by atoms with Gasteiger partial charge in [-0.15, -0.1) is 0 Å². The van der Waals surface area contributed by atoms with Crippen LogP contribution in [0.4, 0.5) is 0 Å². The van der Waals surface area contributed by atoms with E-state index in [1.54, 1.807) is 0 Å². The molecule has 0 heterocycles. The minimum atomic E-state index is -0.176. The van der Waals surface area contributed by atoms with Crippen LogP contribution in [0.2, 0.25) is 0 Å². The Bertz CT molecular complexity index is 880. The SMILES string of the molecule is CCCCCCCCCc1cccc(OC(C)CCOC(=O)C(CCC)[N+](C)(C)Cc2ccccc2)c1. The van der Waals surface area contributed by atoms with Gasteiger partial charge in [0.2, 0.25) is 0 Å². The number of hydrogen-bond donors (Lipinski definition) is 0. The number of benzene rings is 2. The lowest BCUT2D eigenvalue weighted by Gasteiger charge is -2.36. The Morgan fingerprint density at radius 2 is 1.49 bits per heavy atom. The Morgan fingerprint density at radius 1 is 0.811 bits per heavy atom. The first-order chi connectivity index (χ1) is 17.9. The molecule has 0 radical (unpaired) electrons. The zero-order chi connectivity index (χ0) is 26.9. The second-order valence-corrected chi connectivity index (χ2v) is 11.1. The molecule has 2 rings (SSSR count). The van der Waals surface area contributed by atoms with Crippen LogP contribution in [-0.4, -0.2) is 43.3 Å². The van der Waals surface area contributed by atoms with Crippen LogP contribution in [0.1, 0.15) is 96.1 Å². The normalized spacial score (nSPS) is 13.2. The predicted octanol–water partition coefficient (Wildman–Crippen LogP) is 8.13. The van der Waals surface area contributed by atoms with Crippen molar-refractivity contribution in [2.75, 3.05) is 20.7 Å². The molecule has 0 aliphatic heterocycles. The van der Waals surface area contributed by atoms with Crippen molar-refractivity contribution >= 4 is 5.97 Å². The van der Waals surface area contributed by atoms with E-state index in [4.69, 9.17) is 9.47 Å². The van der Waals surface area contributed by atoms with Crippen LogP contribution < -0.4 is 4.74 Å². The molecule has 0 aromatic heterocycles. The summed E-state index contributed by atoms with van der Waals surface area (Å²) < 4.78 is 12.5. The number of likely N-dealkylation sites (N-methyl/N-ethyl adjacent to an activating group) is 1. The van der Waals surface area contributed by atoms with E-state index in [0.717, 1.165) is 31.6 Å². The first-order valence-corrected chi connectivity index (χ1v) is 14.6. The van der Waals surface area contributed by atoms with Gasteiger partial charge in [-0.2, -0.15) is 0 Å². The van der Waals surface area contributed by atoms with Gasteiger partial charge in [-0.25, -0.2) is 4.79 Å². The molecule has 0 aliphatic carbocycles. The molecule has 4 nitrogen and oxygen atoms in total. The summed E-state index contributed by atoms with van der Waals surface area (Å²) in [6.45, 7) is 7.62. The Morgan fingerprint density at radius 3 is 2.19 bits per heavy atom. The van der Waals surface area contributed by atoms with E-state index in [9.17, 15) is 4.79 Å². The molecular weight excluding hydrogens is 458 g/mol. The van der Waals surface area contributed by atoms with Gasteiger partial charge in [0.1, 0.15) is 12.3 Å². The highest BCUT2D eigenvalue weighted by atomic mass is 16.5. The van der Waals surface area contributed by atoms with Crippen molar-refractivity contribution in [3.05, 3.63) is 65.7 Å². The number of rotatable bonds is 19. The highest BCUT2D eigenvalue weighted by Crippen LogP contribution is 2.21. The van der Waals surface area contributed by atoms with Gasteiger partial charge in [0, 0.05) is 18.4 Å². The molecule has 0 saturated heterocycles. The van der Waals surface area contributed by atoms with Crippen molar-refractivity contribution < 1.29 is 18.8 Å². The van der Waals surface area contributed by atoms with E-state index >= 15 is 0 Å². The maximum Gasteiger partial charge on any atom is 0.364 e. The fourth-order valence-corrected chi connectivity index (χ4v) is 4.96. The third kappa shape index (κ3) is 12.2. The molecule has 0 spiro atoms. The number of esters is 1. The molecule has 0 amide bonds. The van der Waals surface area contributed by atoms with E-state index in [1.807, 2.05) is 12.1 Å². The van der Waals surface area contributed by atoms with Gasteiger partial charge in [0.15, 0.2) is 6.04 Å². The summed E-state index contributed by atoms with van der Waals surface area (Å²) in [6.07, 6.45) is 12.8. The zero-order valence-electron chi connectivity index (χ0n) is 24.2. The second-order valence-electron chi connectivity index (χ2n) is 11.1. The minimum absolute atomic E-state index is 0.0157. The van der Waals surface area contributed by atoms with Crippen molar-refractivity contribution in [3.63, 3.8) is 0 Å². The number of nitrogens with zero attached hydrogens (tertiary/aromatic N) is 1. The largest absolute Gasteiger partial charge is 0.491 e. The first kappa shape index (κ1) is 30.9. The molecule has 0 saturated carbocycles. The highest BCUT2D eigenvalue weighted by molar-refractivity contribution is 5.74. The monoisotopic (exact) mass is 510 g/mol. The number of carbonyl (C=O) groups excluding carboxylic acids is 1. The van der Waals surface area contributed by atoms with Crippen LogP contribution in [0.3, 0.4) is 0 Å². The lowest BCUT2D eigenvalue weighted by Crippen LogP contribution is -2.52. The predicted molar refractivity (Wildman–Crippen MR) is 155 cm³/mol. The number of unbranched alkanes of at least 4 members (excludes halogenated alkanes) is 6. The molecule has 206 valence electrons. The molecule has 4 heteroatoms. The topological polar surface area (TPSA) is 35.5 Å². The van der Waals surface area contributed by atoms with E-state index in [1.165, 1.54) is 56.1 Å². The number of ether oxygens (including phenoxy) is 2. The first-order valence-electron chi connectivity index (χ1n) is 14.6. The molecular formula is C33H52NO3+. The summed E-state index contributed by atoms with van der Waals surface area (Å²) >= 11 is 0. The van der Waals surface area contributed by atoms with E-state index in [0.29, 0.717) is 17.5 Å². The van der Waals surface area contributed by atoms with Gasteiger partial charge in [0.25, 0.3) is 0 Å². The van der Waals surface area contributed by atoms with Crippen LogP contribution in [0, 0.1) is 0 Å². The maximum atomic E-state index is 13.1. The molecule has 0 bridgehead atoms. The fourth-order valence-electron chi connectivity index (χ4n) is 4.96. The summed E-state index contributed by atoms with van der Waals surface area (Å²) in [5.41, 5.74) is 2.57. The molecule has 0 aliphatic rings. The Balaban J connectivity index is 1.76. The molecule has 2 unspecified atom stereocenters. The number of aryl methyl sites for hydroxylation is 1. The van der Waals surface area contributed by atoms with Crippen LogP contribution in [0.5, 0.6) is 5.75 Å². The van der Waals surface area contributed by atoms with Gasteiger partial charge in [0.05, 0.1) is 26.8 Å². The number of carbonyl (C=O) groups is 1. The van der Waals surface area contributed by atoms with Gasteiger partial charge >= 0.3 is 5.97 Å². The summed E-state index contributed by atoms with van der Waals surface area (Å²) in [7, 11) is 4.25. The quantitative estimate of drug-likeness (QED) is 0.109. The lowest BCUT2D eigenvalue weighted by molar-refractivity contribution is -0.920. The third-order valence-corrected chi connectivity index (χ3v) is 7.18. The van der Waals surface area contributed by atoms with Crippen molar-refractivity contribution in [2.45, 2.75) is 110 Å². The van der Waals surface area contributed by atoms with Gasteiger partial charge in [-0.1, -0.05) is 94.8 Å². The Kier molecular flexibility index (Phi) is 14.4. The molecule has 0 fully saturated rings. The third-order valence-electron chi connectivity index (χ3n) is 7.18. The minimum Gasteiger partial charge on any atom is -0.491 e. The zero-order valence-corrected chi connectivity index (χ0v) is 24.2. The van der Waals surface area contributed by atoms with Crippen molar-refractivity contribution in [1.29, 1.82) is 0 Å². The highest BCUT2D eigenvalue weighted by Gasteiger charge is 2.35. The van der Waals surface area contributed by atoms with Crippen molar-refractivity contribution in [2.24, 2.45) is 0 Å². The average Bonchev–Trinajstić information content (AvgIpc) is 2.87. The molecule has 2 aromatic carbocycles. The van der Waals surface area contributed by atoms with Crippen LogP contribution in [0.25, 0.3) is 0 Å². The van der Waals surface area contributed by atoms with Crippen LogP contribution >= 0.6 is 0 Å². The van der Waals surface area contributed by atoms with Crippen molar-refractivity contribution in [3.8, 4) is 5.75 Å². The van der Waals surface area contributed by atoms with E-state index in [2.05, 4.69) is 77.3 Å². The smallest absolute Gasteiger partial charge is 0.364 e. The van der Waals surface area contributed by atoms with Crippen LogP contribution in [0.15, 0.2) is 54.6 Å². The maximum absolute atomic E-state index is 13.1. The van der Waals surface area contributed by atoms with Crippen LogP contribution in [-0.2, 0) is 22.5 Å². The average molecular weight is 511 g/mol. The van der Waals surface area contributed by atoms with E-state index < -0.39 is 0 Å². The molecule has 37 heavy (non-hydrogen) atoms. The summed E-state index contributed by atoms with van der Waals surface area (Å²) in [5.74, 6) is 0.801. The molecule has 2 atom stereocenters. The molecule has 0 N–H and O–H groups in total. The summed E-state index contributed by atoms with van der Waals surface area (Å²) in [5, 5.41) is 0. The van der Waals surface area contributed by atoms with Crippen molar-refractivity contribution in [1.82, 2.24) is 0 Å². The van der Waals surface area contributed by atoms with Gasteiger partial charge < -0.3 is 14.0 Å². The van der Waals surface area contributed by atoms with Gasteiger partial charge in [-0.3, -0.25) is 0 Å². The van der Waals surface area contributed by atoms with E-state index in [-0.39, 0.29) is 18.1 Å². The molecule has 2 aromatic rings. The van der Waals surface area contributed by atoms with Gasteiger partial charge in [-0.05, 0) is 43.9 Å². The number of quaternary nitrogens is 1.